The van der Waals surface area contributed by atoms with Gasteiger partial charge >= 0.3 is 0 Å². The Morgan fingerprint density at radius 3 is 2.37 bits per heavy atom. The summed E-state index contributed by atoms with van der Waals surface area (Å²) in [5.74, 6) is 0.976. The van der Waals surface area contributed by atoms with Gasteiger partial charge in [-0.1, -0.05) is 17.2 Å². The summed E-state index contributed by atoms with van der Waals surface area (Å²) in [4.78, 5) is 4.69. The van der Waals surface area contributed by atoms with Gasteiger partial charge in [-0.05, 0) is 45.0 Å². The van der Waals surface area contributed by atoms with Crippen molar-refractivity contribution in [2.45, 2.75) is 20.8 Å². The molecule has 19 heavy (non-hydrogen) atoms. The van der Waals surface area contributed by atoms with Crippen LogP contribution in [0.3, 0.4) is 0 Å². The molecular formula is C16H17N3. The molecule has 0 unspecified atom stereocenters. The number of nitrogens with zero attached hydrogens (tertiary/aromatic N) is 2. The Labute approximate surface area is 112 Å². The summed E-state index contributed by atoms with van der Waals surface area (Å²) in [6, 6.07) is 10.4. The Bertz CT molecular complexity index is 749. The maximum absolute atomic E-state index is 5.90. The average Bonchev–Trinajstić information content (AvgIpc) is 2.65. The lowest BCUT2D eigenvalue weighted by molar-refractivity contribution is 1.05. The summed E-state index contributed by atoms with van der Waals surface area (Å²) >= 11 is 0. The number of pyridine rings is 1. The average molecular weight is 251 g/mol. The van der Waals surface area contributed by atoms with Gasteiger partial charge in [0.25, 0.3) is 0 Å². The van der Waals surface area contributed by atoms with E-state index in [1.165, 1.54) is 11.1 Å². The van der Waals surface area contributed by atoms with Gasteiger partial charge in [-0.15, -0.1) is 0 Å². The van der Waals surface area contributed by atoms with Crippen LogP contribution in [0.25, 0.3) is 16.8 Å². The van der Waals surface area contributed by atoms with Gasteiger partial charge in [0.15, 0.2) is 0 Å². The lowest BCUT2D eigenvalue weighted by Crippen LogP contribution is -1.90. The molecule has 96 valence electrons. The van der Waals surface area contributed by atoms with Crippen LogP contribution < -0.4 is 5.73 Å². The first-order valence-corrected chi connectivity index (χ1v) is 6.37. The first-order valence-electron chi connectivity index (χ1n) is 6.37. The number of rotatable bonds is 1. The number of aryl methyl sites for hydroxylation is 3. The summed E-state index contributed by atoms with van der Waals surface area (Å²) in [5.41, 5.74) is 12.4. The number of nitrogen functional groups attached to an aromatic ring is 1. The second kappa shape index (κ2) is 4.12. The summed E-state index contributed by atoms with van der Waals surface area (Å²) in [6.45, 7) is 6.22. The van der Waals surface area contributed by atoms with Crippen LogP contribution in [-0.4, -0.2) is 9.38 Å². The fourth-order valence-electron chi connectivity index (χ4n) is 2.58. The third-order valence-electron chi connectivity index (χ3n) is 3.34. The lowest BCUT2D eigenvalue weighted by atomic mass is 10.0. The molecule has 0 bridgehead atoms. The van der Waals surface area contributed by atoms with Crippen LogP contribution in [0.15, 0.2) is 36.5 Å². The Balaban J connectivity index is 2.33. The van der Waals surface area contributed by atoms with Gasteiger partial charge in [-0.25, -0.2) is 4.98 Å². The van der Waals surface area contributed by atoms with Gasteiger partial charge in [0.05, 0.1) is 11.2 Å². The van der Waals surface area contributed by atoms with E-state index in [4.69, 9.17) is 10.7 Å². The van der Waals surface area contributed by atoms with Crippen LogP contribution in [0.1, 0.15) is 17.0 Å². The summed E-state index contributed by atoms with van der Waals surface area (Å²) in [7, 11) is 0. The summed E-state index contributed by atoms with van der Waals surface area (Å²) in [6.07, 6.45) is 1.97. The smallest absolute Gasteiger partial charge is 0.110 e. The minimum Gasteiger partial charge on any atom is -0.399 e. The van der Waals surface area contributed by atoms with E-state index in [-0.39, 0.29) is 0 Å². The number of imidazole rings is 1. The molecule has 0 amide bonds. The number of hydrogen-bond acceptors (Lipinski definition) is 2. The van der Waals surface area contributed by atoms with Gasteiger partial charge in [-0.2, -0.15) is 0 Å². The Morgan fingerprint density at radius 2 is 1.68 bits per heavy atom. The highest BCUT2D eigenvalue weighted by atomic mass is 15.0. The van der Waals surface area contributed by atoms with E-state index in [1.807, 2.05) is 25.3 Å². The van der Waals surface area contributed by atoms with E-state index in [0.717, 1.165) is 28.3 Å². The second-order valence-corrected chi connectivity index (χ2v) is 5.10. The van der Waals surface area contributed by atoms with Gasteiger partial charge in [0.1, 0.15) is 5.82 Å². The number of nitrogens with two attached hydrogens (primary N) is 1. The standard InChI is InChI=1S/C16H17N3/c1-10-6-11(2)8-13(7-10)16-15-9-14(17)4-5-19(15)12(3)18-16/h4-9H,17H2,1-3H3. The molecule has 3 aromatic rings. The molecule has 0 saturated carbocycles. The number of fused-ring (bicyclic) bond motifs is 1. The van der Waals surface area contributed by atoms with Crippen molar-refractivity contribution in [3.05, 3.63) is 53.5 Å². The molecule has 0 spiro atoms. The van der Waals surface area contributed by atoms with Crippen LogP contribution in [0.4, 0.5) is 5.69 Å². The predicted molar refractivity (Wildman–Crippen MR) is 79.3 cm³/mol. The molecule has 0 radical (unpaired) electrons. The molecule has 0 aliphatic rings. The highest BCUT2D eigenvalue weighted by Crippen LogP contribution is 2.27. The van der Waals surface area contributed by atoms with Crippen molar-refractivity contribution >= 4 is 11.2 Å². The SMILES string of the molecule is Cc1cc(C)cc(-c2nc(C)n3ccc(N)cc23)c1. The van der Waals surface area contributed by atoms with Crippen LogP contribution in [0.5, 0.6) is 0 Å². The van der Waals surface area contributed by atoms with Crippen LogP contribution >= 0.6 is 0 Å². The van der Waals surface area contributed by atoms with E-state index in [0.29, 0.717) is 0 Å². The molecule has 2 N–H and O–H groups in total. The fourth-order valence-corrected chi connectivity index (χ4v) is 2.58. The molecule has 2 aromatic heterocycles. The monoisotopic (exact) mass is 251 g/mol. The van der Waals surface area contributed by atoms with E-state index in [2.05, 4.69) is 36.4 Å². The molecule has 0 aliphatic carbocycles. The molecule has 0 saturated heterocycles. The quantitative estimate of drug-likeness (QED) is 0.719. The van der Waals surface area contributed by atoms with Crippen molar-refractivity contribution in [2.24, 2.45) is 0 Å². The zero-order chi connectivity index (χ0) is 13.6. The fraction of sp³-hybridized carbons (Fsp3) is 0.188. The van der Waals surface area contributed by atoms with E-state index in [1.54, 1.807) is 0 Å². The molecule has 3 heteroatoms. The first kappa shape index (κ1) is 11.8. The molecule has 1 aromatic carbocycles. The minimum atomic E-state index is 0.762. The Hall–Kier alpha value is -2.29. The summed E-state index contributed by atoms with van der Waals surface area (Å²) in [5, 5.41) is 0. The zero-order valence-electron chi connectivity index (χ0n) is 11.4. The highest BCUT2D eigenvalue weighted by Gasteiger charge is 2.11. The van der Waals surface area contributed by atoms with Gasteiger partial charge in [0.2, 0.25) is 0 Å². The van der Waals surface area contributed by atoms with Crippen molar-refractivity contribution in [3.63, 3.8) is 0 Å². The largest absolute Gasteiger partial charge is 0.399 e. The summed E-state index contributed by atoms with van der Waals surface area (Å²) < 4.78 is 2.07. The highest BCUT2D eigenvalue weighted by molar-refractivity contribution is 5.80. The number of hydrogen-bond donors (Lipinski definition) is 1. The zero-order valence-corrected chi connectivity index (χ0v) is 11.4. The number of benzene rings is 1. The molecule has 2 heterocycles. The van der Waals surface area contributed by atoms with Crippen LogP contribution in [0.2, 0.25) is 0 Å². The lowest BCUT2D eigenvalue weighted by Gasteiger charge is -2.04. The predicted octanol–water partition coefficient (Wildman–Crippen LogP) is 3.51. The van der Waals surface area contributed by atoms with Gasteiger partial charge in [-0.3, -0.25) is 0 Å². The van der Waals surface area contributed by atoms with Gasteiger partial charge in [0, 0.05) is 17.4 Å². The molecule has 3 nitrogen and oxygen atoms in total. The topological polar surface area (TPSA) is 43.3 Å². The molecule has 0 fully saturated rings. The Kier molecular flexibility index (Phi) is 2.56. The minimum absolute atomic E-state index is 0.762. The van der Waals surface area contributed by atoms with Crippen molar-refractivity contribution in [1.29, 1.82) is 0 Å². The normalized spacial score (nSPS) is 11.1. The second-order valence-electron chi connectivity index (χ2n) is 5.10. The van der Waals surface area contributed by atoms with E-state index < -0.39 is 0 Å². The van der Waals surface area contributed by atoms with Crippen molar-refractivity contribution in [3.8, 4) is 11.3 Å². The van der Waals surface area contributed by atoms with E-state index >= 15 is 0 Å². The molecule has 3 rings (SSSR count). The van der Waals surface area contributed by atoms with Crippen LogP contribution in [0, 0.1) is 20.8 Å². The maximum Gasteiger partial charge on any atom is 0.110 e. The van der Waals surface area contributed by atoms with Crippen molar-refractivity contribution < 1.29 is 0 Å². The molecule has 0 atom stereocenters. The molecular weight excluding hydrogens is 234 g/mol. The van der Waals surface area contributed by atoms with Crippen molar-refractivity contribution in [2.75, 3.05) is 5.73 Å². The van der Waals surface area contributed by atoms with Crippen LogP contribution in [-0.2, 0) is 0 Å². The first-order chi connectivity index (χ1) is 9.04. The van der Waals surface area contributed by atoms with Gasteiger partial charge < -0.3 is 10.1 Å². The third kappa shape index (κ3) is 1.97. The Morgan fingerprint density at radius 1 is 1.00 bits per heavy atom. The molecule has 0 aliphatic heterocycles. The van der Waals surface area contributed by atoms with Crippen molar-refractivity contribution in [1.82, 2.24) is 9.38 Å². The third-order valence-corrected chi connectivity index (χ3v) is 3.34. The maximum atomic E-state index is 5.90. The van der Waals surface area contributed by atoms with E-state index in [9.17, 15) is 0 Å². The number of aromatic nitrogens is 2. The number of anilines is 1.